The van der Waals surface area contributed by atoms with Gasteiger partial charge in [0.1, 0.15) is 17.8 Å². The molecule has 1 heterocycles. The van der Waals surface area contributed by atoms with Crippen LogP contribution in [0.4, 0.5) is 5.82 Å². The van der Waals surface area contributed by atoms with Crippen LogP contribution in [0.15, 0.2) is 42.7 Å². The third-order valence-electron chi connectivity index (χ3n) is 3.23. The zero-order valence-corrected chi connectivity index (χ0v) is 12.9. The molecular formula is C17H22N4O. The van der Waals surface area contributed by atoms with Gasteiger partial charge >= 0.3 is 0 Å². The summed E-state index contributed by atoms with van der Waals surface area (Å²) < 4.78 is 0. The molecule has 2 N–H and O–H groups in total. The Morgan fingerprint density at radius 3 is 2.73 bits per heavy atom. The molecular weight excluding hydrogens is 276 g/mol. The van der Waals surface area contributed by atoms with Gasteiger partial charge in [-0.15, -0.1) is 0 Å². The Balaban J connectivity index is 1.79. The Morgan fingerprint density at radius 1 is 1.14 bits per heavy atom. The van der Waals surface area contributed by atoms with Crippen LogP contribution in [-0.2, 0) is 6.42 Å². The molecule has 116 valence electrons. The van der Waals surface area contributed by atoms with Crippen LogP contribution in [0.3, 0.4) is 0 Å². The monoisotopic (exact) mass is 298 g/mol. The maximum absolute atomic E-state index is 11.8. The van der Waals surface area contributed by atoms with Gasteiger partial charge < -0.3 is 10.6 Å². The van der Waals surface area contributed by atoms with Gasteiger partial charge in [-0.1, -0.05) is 37.3 Å². The highest BCUT2D eigenvalue weighted by atomic mass is 16.1. The molecule has 1 aromatic carbocycles. The van der Waals surface area contributed by atoms with Crippen molar-refractivity contribution in [2.24, 2.45) is 0 Å². The minimum atomic E-state index is -0.156. The smallest absolute Gasteiger partial charge is 0.270 e. The van der Waals surface area contributed by atoms with Gasteiger partial charge in [0.2, 0.25) is 0 Å². The highest BCUT2D eigenvalue weighted by molar-refractivity contribution is 5.92. The molecule has 0 atom stereocenters. The molecule has 2 aromatic rings. The van der Waals surface area contributed by atoms with E-state index >= 15 is 0 Å². The summed E-state index contributed by atoms with van der Waals surface area (Å²) in [4.78, 5) is 20.0. The van der Waals surface area contributed by atoms with Gasteiger partial charge in [-0.25, -0.2) is 9.97 Å². The van der Waals surface area contributed by atoms with Gasteiger partial charge in [-0.2, -0.15) is 0 Å². The Bertz CT molecular complexity index is 586. The van der Waals surface area contributed by atoms with Crippen molar-refractivity contribution in [1.82, 2.24) is 15.3 Å². The van der Waals surface area contributed by atoms with Crippen molar-refractivity contribution in [2.45, 2.75) is 26.2 Å². The van der Waals surface area contributed by atoms with Crippen molar-refractivity contribution < 1.29 is 4.79 Å². The Kier molecular flexibility index (Phi) is 6.36. The molecule has 5 heteroatoms. The third-order valence-corrected chi connectivity index (χ3v) is 3.23. The lowest BCUT2D eigenvalue weighted by molar-refractivity contribution is 0.0948. The summed E-state index contributed by atoms with van der Waals surface area (Å²) in [6.07, 6.45) is 4.34. The van der Waals surface area contributed by atoms with Gasteiger partial charge in [0, 0.05) is 19.2 Å². The maximum atomic E-state index is 11.8. The van der Waals surface area contributed by atoms with Gasteiger partial charge in [-0.3, -0.25) is 4.79 Å². The lowest BCUT2D eigenvalue weighted by atomic mass is 10.1. The predicted octanol–water partition coefficient (Wildman–Crippen LogP) is 2.66. The highest BCUT2D eigenvalue weighted by Gasteiger charge is 2.07. The van der Waals surface area contributed by atoms with E-state index < -0.39 is 0 Å². The number of nitrogens with one attached hydrogen (secondary N) is 2. The van der Waals surface area contributed by atoms with Gasteiger partial charge in [0.15, 0.2) is 0 Å². The van der Waals surface area contributed by atoms with Crippen molar-refractivity contribution >= 4 is 11.7 Å². The molecule has 2 rings (SSSR count). The number of carbonyl (C=O) groups is 1. The minimum absolute atomic E-state index is 0.156. The first-order valence-electron chi connectivity index (χ1n) is 7.67. The second-order valence-corrected chi connectivity index (χ2v) is 5.06. The summed E-state index contributed by atoms with van der Waals surface area (Å²) in [5.41, 5.74) is 1.72. The van der Waals surface area contributed by atoms with Gasteiger partial charge in [0.25, 0.3) is 5.91 Å². The summed E-state index contributed by atoms with van der Waals surface area (Å²) in [5, 5.41) is 6.04. The number of aryl methyl sites for hydroxylation is 1. The SMILES string of the molecule is CCCNC(=O)c1cc(NCCCc2ccccc2)ncn1. The van der Waals surface area contributed by atoms with Crippen molar-refractivity contribution in [3.63, 3.8) is 0 Å². The summed E-state index contributed by atoms with van der Waals surface area (Å²) in [6, 6.07) is 12.1. The lowest BCUT2D eigenvalue weighted by Crippen LogP contribution is -2.25. The van der Waals surface area contributed by atoms with Crippen LogP contribution in [0.2, 0.25) is 0 Å². The van der Waals surface area contributed by atoms with E-state index in [0.29, 0.717) is 18.1 Å². The Labute approximate surface area is 131 Å². The molecule has 0 saturated carbocycles. The lowest BCUT2D eigenvalue weighted by Gasteiger charge is -2.07. The van der Waals surface area contributed by atoms with E-state index in [4.69, 9.17) is 0 Å². The average molecular weight is 298 g/mol. The zero-order valence-electron chi connectivity index (χ0n) is 12.9. The van der Waals surface area contributed by atoms with Crippen LogP contribution in [0, 0.1) is 0 Å². The molecule has 0 spiro atoms. The summed E-state index contributed by atoms with van der Waals surface area (Å²) >= 11 is 0. The molecule has 0 aliphatic carbocycles. The predicted molar refractivity (Wildman–Crippen MR) is 87.9 cm³/mol. The largest absolute Gasteiger partial charge is 0.370 e. The van der Waals surface area contributed by atoms with Crippen molar-refractivity contribution in [3.8, 4) is 0 Å². The third kappa shape index (κ3) is 5.16. The standard InChI is InChI=1S/C17H22N4O/c1-2-10-19-17(22)15-12-16(21-13-20-15)18-11-6-9-14-7-4-3-5-8-14/h3-5,7-8,12-13H,2,6,9-11H2,1H3,(H,19,22)(H,18,20,21). The fourth-order valence-corrected chi connectivity index (χ4v) is 2.06. The van der Waals surface area contributed by atoms with Crippen LogP contribution < -0.4 is 10.6 Å². The van der Waals surface area contributed by atoms with Gasteiger partial charge in [0.05, 0.1) is 0 Å². The Hall–Kier alpha value is -2.43. The normalized spacial score (nSPS) is 10.2. The highest BCUT2D eigenvalue weighted by Crippen LogP contribution is 2.06. The summed E-state index contributed by atoms with van der Waals surface area (Å²) in [6.45, 7) is 3.48. The number of hydrogen-bond donors (Lipinski definition) is 2. The quantitative estimate of drug-likeness (QED) is 0.735. The van der Waals surface area contributed by atoms with E-state index in [1.165, 1.54) is 11.9 Å². The van der Waals surface area contributed by atoms with Crippen LogP contribution in [0.1, 0.15) is 35.8 Å². The molecule has 0 bridgehead atoms. The summed E-state index contributed by atoms with van der Waals surface area (Å²) in [5.74, 6) is 0.529. The zero-order chi connectivity index (χ0) is 15.6. The fourth-order valence-electron chi connectivity index (χ4n) is 2.06. The summed E-state index contributed by atoms with van der Waals surface area (Å²) in [7, 11) is 0. The first-order chi connectivity index (χ1) is 10.8. The number of rotatable bonds is 8. The van der Waals surface area contributed by atoms with Crippen LogP contribution in [-0.4, -0.2) is 29.0 Å². The average Bonchev–Trinajstić information content (AvgIpc) is 2.58. The van der Waals surface area contributed by atoms with Crippen molar-refractivity contribution in [3.05, 3.63) is 54.0 Å². The van der Waals surface area contributed by atoms with Crippen LogP contribution in [0.5, 0.6) is 0 Å². The number of carbonyl (C=O) groups excluding carboxylic acids is 1. The maximum Gasteiger partial charge on any atom is 0.270 e. The number of anilines is 1. The molecule has 1 aromatic heterocycles. The minimum Gasteiger partial charge on any atom is -0.370 e. The van der Waals surface area contributed by atoms with Crippen molar-refractivity contribution in [1.29, 1.82) is 0 Å². The molecule has 0 fully saturated rings. The van der Waals surface area contributed by atoms with E-state index in [0.717, 1.165) is 25.8 Å². The van der Waals surface area contributed by atoms with Crippen LogP contribution in [0.25, 0.3) is 0 Å². The molecule has 0 saturated heterocycles. The number of hydrogen-bond acceptors (Lipinski definition) is 4. The fraction of sp³-hybridized carbons (Fsp3) is 0.353. The van der Waals surface area contributed by atoms with E-state index in [2.05, 4.69) is 32.7 Å². The van der Waals surface area contributed by atoms with E-state index in [9.17, 15) is 4.79 Å². The van der Waals surface area contributed by atoms with E-state index in [-0.39, 0.29) is 5.91 Å². The molecule has 22 heavy (non-hydrogen) atoms. The van der Waals surface area contributed by atoms with Crippen molar-refractivity contribution in [2.75, 3.05) is 18.4 Å². The first-order valence-corrected chi connectivity index (χ1v) is 7.67. The molecule has 5 nitrogen and oxygen atoms in total. The van der Waals surface area contributed by atoms with E-state index in [1.807, 2.05) is 25.1 Å². The number of benzene rings is 1. The number of amides is 1. The topological polar surface area (TPSA) is 66.9 Å². The Morgan fingerprint density at radius 2 is 1.95 bits per heavy atom. The molecule has 0 aliphatic rings. The second kappa shape index (κ2) is 8.77. The molecule has 0 aliphatic heterocycles. The van der Waals surface area contributed by atoms with E-state index in [1.54, 1.807) is 6.07 Å². The second-order valence-electron chi connectivity index (χ2n) is 5.06. The molecule has 0 radical (unpaired) electrons. The van der Waals surface area contributed by atoms with Crippen LogP contribution >= 0.6 is 0 Å². The first kappa shape index (κ1) is 15.9. The molecule has 0 unspecified atom stereocenters. The molecule has 1 amide bonds. The number of aromatic nitrogens is 2. The number of nitrogens with zero attached hydrogens (tertiary/aromatic N) is 2. The van der Waals surface area contributed by atoms with Gasteiger partial charge in [-0.05, 0) is 24.8 Å².